The molecule has 1 fully saturated rings. The molecule has 1 heterocycles. The Kier molecular flexibility index (Phi) is 7.70. The second-order valence-electron chi connectivity index (χ2n) is 9.90. The molecule has 0 atom stereocenters. The molecule has 0 radical (unpaired) electrons. The number of allylic oxidation sites excluding steroid dienone is 1. The van der Waals surface area contributed by atoms with Crippen molar-refractivity contribution in [2.45, 2.75) is 26.9 Å². The van der Waals surface area contributed by atoms with Crippen molar-refractivity contribution in [3.8, 4) is 11.5 Å². The summed E-state index contributed by atoms with van der Waals surface area (Å²) in [6.07, 6.45) is 3.67. The van der Waals surface area contributed by atoms with Crippen LogP contribution in [0.5, 0.6) is 11.5 Å². The van der Waals surface area contributed by atoms with Crippen LogP contribution in [0.1, 0.15) is 27.8 Å². The summed E-state index contributed by atoms with van der Waals surface area (Å²) in [6.45, 7) is 8.02. The lowest BCUT2D eigenvalue weighted by Gasteiger charge is -2.27. The van der Waals surface area contributed by atoms with E-state index in [1.807, 2.05) is 44.2 Å². The van der Waals surface area contributed by atoms with Gasteiger partial charge in [0.25, 0.3) is 11.8 Å². The Morgan fingerprint density at radius 2 is 1.68 bits per heavy atom. The van der Waals surface area contributed by atoms with Gasteiger partial charge in [0.05, 0.1) is 12.8 Å². The zero-order chi connectivity index (χ0) is 29.1. The maximum absolute atomic E-state index is 13.4. The zero-order valence-electron chi connectivity index (χ0n) is 23.2. The van der Waals surface area contributed by atoms with Gasteiger partial charge in [-0.05, 0) is 89.7 Å². The van der Waals surface area contributed by atoms with Crippen LogP contribution in [0, 0.1) is 13.8 Å². The first-order valence-electron chi connectivity index (χ1n) is 13.2. The number of carbonyl (C=O) groups excluding carboxylic acids is 3. The molecule has 1 aliphatic rings. The van der Waals surface area contributed by atoms with Crippen molar-refractivity contribution in [2.24, 2.45) is 0 Å². The monoisotopic (exact) mass is 546 g/mol. The molecule has 0 spiro atoms. The number of urea groups is 1. The van der Waals surface area contributed by atoms with E-state index in [0.717, 1.165) is 37.9 Å². The normalized spacial score (nSPS) is 14.4. The smallest absolute Gasteiger partial charge is 0.335 e. The van der Waals surface area contributed by atoms with Gasteiger partial charge in [-0.25, -0.2) is 9.69 Å². The highest BCUT2D eigenvalue weighted by molar-refractivity contribution is 6.39. The first-order chi connectivity index (χ1) is 19.8. The van der Waals surface area contributed by atoms with Crippen molar-refractivity contribution >= 4 is 40.4 Å². The minimum Gasteiger partial charge on any atom is -0.493 e. The summed E-state index contributed by atoms with van der Waals surface area (Å²) in [4.78, 5) is 39.8. The number of carbonyl (C=O) groups is 3. The van der Waals surface area contributed by atoms with Crippen molar-refractivity contribution in [3.63, 3.8) is 0 Å². The molecule has 1 saturated heterocycles. The van der Waals surface area contributed by atoms with Gasteiger partial charge < -0.3 is 9.47 Å². The second-order valence-corrected chi connectivity index (χ2v) is 9.90. The van der Waals surface area contributed by atoms with E-state index in [4.69, 9.17) is 9.47 Å². The van der Waals surface area contributed by atoms with E-state index < -0.39 is 17.8 Å². The van der Waals surface area contributed by atoms with Crippen LogP contribution in [0.4, 0.5) is 10.5 Å². The minimum absolute atomic E-state index is 0.167. The van der Waals surface area contributed by atoms with Crippen LogP contribution in [0.15, 0.2) is 91.0 Å². The Bertz CT molecular complexity index is 1740. The Balaban J connectivity index is 1.47. The number of nitrogens with zero attached hydrogens (tertiary/aromatic N) is 1. The summed E-state index contributed by atoms with van der Waals surface area (Å²) in [5.41, 5.74) is 4.49. The lowest BCUT2D eigenvalue weighted by atomic mass is 10.0. The average Bonchev–Trinajstić information content (AvgIpc) is 2.96. The largest absolute Gasteiger partial charge is 0.493 e. The number of ether oxygens (including phenoxy) is 2. The molecule has 1 N–H and O–H groups in total. The van der Waals surface area contributed by atoms with Gasteiger partial charge in [-0.2, -0.15) is 0 Å². The number of amides is 4. The number of nitrogens with one attached hydrogen (secondary N) is 1. The van der Waals surface area contributed by atoms with Gasteiger partial charge in [-0.15, -0.1) is 6.58 Å². The Labute approximate surface area is 238 Å². The number of anilines is 1. The lowest BCUT2D eigenvalue weighted by molar-refractivity contribution is -0.122. The summed E-state index contributed by atoms with van der Waals surface area (Å²) < 4.78 is 11.9. The molecule has 0 aromatic heterocycles. The molecule has 206 valence electrons. The third kappa shape index (κ3) is 5.61. The molecule has 4 aromatic rings. The van der Waals surface area contributed by atoms with Crippen molar-refractivity contribution in [1.82, 2.24) is 5.32 Å². The summed E-state index contributed by atoms with van der Waals surface area (Å²) >= 11 is 0. The fourth-order valence-electron chi connectivity index (χ4n) is 4.80. The van der Waals surface area contributed by atoms with Crippen LogP contribution in [-0.2, 0) is 22.6 Å². The number of imide groups is 2. The first-order valence-corrected chi connectivity index (χ1v) is 13.2. The predicted molar refractivity (Wildman–Crippen MR) is 160 cm³/mol. The zero-order valence-corrected chi connectivity index (χ0v) is 23.2. The quantitative estimate of drug-likeness (QED) is 0.156. The van der Waals surface area contributed by atoms with E-state index in [9.17, 15) is 14.4 Å². The summed E-state index contributed by atoms with van der Waals surface area (Å²) in [5, 5.41) is 4.55. The summed E-state index contributed by atoms with van der Waals surface area (Å²) in [6, 6.07) is 22.3. The molecule has 4 aromatic carbocycles. The number of hydrogen-bond donors (Lipinski definition) is 1. The Morgan fingerprint density at radius 1 is 0.902 bits per heavy atom. The number of benzene rings is 4. The molecule has 1 aliphatic heterocycles. The SMILES string of the molecule is C=CCc1cc(/C=C2\C(=O)NC(=O)N(c3ccc(C)c(C)c3)C2=O)cc(OC)c1OCc1ccc2ccccc2c1. The minimum atomic E-state index is -0.789. The van der Waals surface area contributed by atoms with Crippen LogP contribution in [0.25, 0.3) is 16.8 Å². The molecular weight excluding hydrogens is 516 g/mol. The lowest BCUT2D eigenvalue weighted by Crippen LogP contribution is -2.54. The maximum atomic E-state index is 13.4. The van der Waals surface area contributed by atoms with Crippen molar-refractivity contribution < 1.29 is 23.9 Å². The molecular formula is C34H30N2O5. The van der Waals surface area contributed by atoms with Gasteiger partial charge in [-0.3, -0.25) is 14.9 Å². The second kappa shape index (κ2) is 11.5. The van der Waals surface area contributed by atoms with Crippen molar-refractivity contribution in [2.75, 3.05) is 12.0 Å². The van der Waals surface area contributed by atoms with E-state index >= 15 is 0 Å². The van der Waals surface area contributed by atoms with Crippen LogP contribution in [0.3, 0.4) is 0 Å². The van der Waals surface area contributed by atoms with Gasteiger partial charge in [-0.1, -0.05) is 48.5 Å². The molecule has 5 rings (SSSR count). The van der Waals surface area contributed by atoms with Gasteiger partial charge in [0.15, 0.2) is 11.5 Å². The first kappa shape index (κ1) is 27.4. The fourth-order valence-corrected chi connectivity index (χ4v) is 4.80. The van der Waals surface area contributed by atoms with Crippen molar-refractivity contribution in [1.29, 1.82) is 0 Å². The molecule has 7 nitrogen and oxygen atoms in total. The maximum Gasteiger partial charge on any atom is 0.335 e. The predicted octanol–water partition coefficient (Wildman–Crippen LogP) is 6.44. The molecule has 0 bridgehead atoms. The van der Waals surface area contributed by atoms with Crippen molar-refractivity contribution in [3.05, 3.63) is 119 Å². The van der Waals surface area contributed by atoms with Gasteiger partial charge in [0, 0.05) is 5.56 Å². The number of methoxy groups -OCH3 is 1. The Hall–Kier alpha value is -5.17. The highest BCUT2D eigenvalue weighted by Crippen LogP contribution is 2.35. The number of fused-ring (bicyclic) bond motifs is 1. The third-order valence-corrected chi connectivity index (χ3v) is 7.10. The molecule has 0 aliphatic carbocycles. The molecule has 0 unspecified atom stereocenters. The summed E-state index contributed by atoms with van der Waals surface area (Å²) in [7, 11) is 1.53. The van der Waals surface area contributed by atoms with E-state index in [2.05, 4.69) is 36.2 Å². The number of barbiturate groups is 1. The van der Waals surface area contributed by atoms with Gasteiger partial charge in [0.2, 0.25) is 0 Å². The average molecular weight is 547 g/mol. The Morgan fingerprint density at radius 3 is 2.41 bits per heavy atom. The van der Waals surface area contributed by atoms with E-state index in [0.29, 0.717) is 35.8 Å². The topological polar surface area (TPSA) is 84.9 Å². The summed E-state index contributed by atoms with van der Waals surface area (Å²) in [5.74, 6) is -0.472. The molecule has 7 heteroatoms. The van der Waals surface area contributed by atoms with Crippen LogP contribution >= 0.6 is 0 Å². The third-order valence-electron chi connectivity index (χ3n) is 7.10. The fraction of sp³-hybridized carbons (Fsp3) is 0.147. The molecule has 0 saturated carbocycles. The van der Waals surface area contributed by atoms with Gasteiger partial charge in [0.1, 0.15) is 12.2 Å². The highest BCUT2D eigenvalue weighted by Gasteiger charge is 2.37. The van der Waals surface area contributed by atoms with Crippen LogP contribution < -0.4 is 19.7 Å². The highest BCUT2D eigenvalue weighted by atomic mass is 16.5. The standard InChI is InChI=1S/C34H30N2O5/c1-5-8-27-17-24(18-29-32(37)35-34(39)36(33(29)38)28-14-11-21(2)22(3)15-28)19-30(40-4)31(27)41-20-23-12-13-25-9-6-7-10-26(25)16-23/h5-7,9-19H,1,8,20H2,2-4H3,(H,35,37,39)/b29-18+. The van der Waals surface area contributed by atoms with Crippen LogP contribution in [-0.4, -0.2) is 25.0 Å². The number of rotatable bonds is 8. The van der Waals surface area contributed by atoms with E-state index in [1.165, 1.54) is 13.2 Å². The number of aryl methyl sites for hydroxylation is 2. The van der Waals surface area contributed by atoms with E-state index in [-0.39, 0.29) is 5.57 Å². The molecule has 4 amide bonds. The molecule has 41 heavy (non-hydrogen) atoms. The van der Waals surface area contributed by atoms with Gasteiger partial charge >= 0.3 is 6.03 Å². The van der Waals surface area contributed by atoms with E-state index in [1.54, 1.807) is 24.3 Å². The van der Waals surface area contributed by atoms with Crippen LogP contribution in [0.2, 0.25) is 0 Å². The number of hydrogen-bond acceptors (Lipinski definition) is 5.